The van der Waals surface area contributed by atoms with Crippen molar-refractivity contribution in [2.24, 2.45) is 0 Å². The second kappa shape index (κ2) is 41.6. The molecule has 1 aliphatic heterocycles. The van der Waals surface area contributed by atoms with Gasteiger partial charge < -0.3 is 40.3 Å². The maximum absolute atomic E-state index is 12.9. The van der Waals surface area contributed by atoms with E-state index in [9.17, 15) is 30.3 Å². The summed E-state index contributed by atoms with van der Waals surface area (Å²) in [4.78, 5) is 12.9. The fourth-order valence-electron chi connectivity index (χ4n) is 7.32. The summed E-state index contributed by atoms with van der Waals surface area (Å²) in [7, 11) is 0. The molecule has 1 rings (SSSR count). The van der Waals surface area contributed by atoms with Gasteiger partial charge in [0.05, 0.1) is 25.4 Å². The number of amides is 1. The average molecular weight is 858 g/mol. The zero-order valence-corrected chi connectivity index (χ0v) is 38.6. The summed E-state index contributed by atoms with van der Waals surface area (Å²) < 4.78 is 11.2. The molecule has 1 fully saturated rings. The number of rotatable bonds is 40. The number of aliphatic hydroxyl groups excluding tert-OH is 5. The van der Waals surface area contributed by atoms with E-state index < -0.39 is 49.5 Å². The van der Waals surface area contributed by atoms with Crippen molar-refractivity contribution in [2.45, 2.75) is 236 Å². The minimum absolute atomic E-state index is 0.221. The van der Waals surface area contributed by atoms with Gasteiger partial charge in [-0.25, -0.2) is 0 Å². The van der Waals surface area contributed by atoms with Crippen molar-refractivity contribution in [2.75, 3.05) is 13.2 Å². The summed E-state index contributed by atoms with van der Waals surface area (Å²) in [6, 6.07) is -0.846. The highest BCUT2D eigenvalue weighted by molar-refractivity contribution is 5.76. The predicted molar refractivity (Wildman–Crippen MR) is 253 cm³/mol. The smallest absolute Gasteiger partial charge is 0.220 e. The van der Waals surface area contributed by atoms with E-state index in [1.165, 1.54) is 103 Å². The van der Waals surface area contributed by atoms with E-state index in [0.717, 1.165) is 64.2 Å². The fourth-order valence-corrected chi connectivity index (χ4v) is 7.32. The van der Waals surface area contributed by atoms with Crippen LogP contribution < -0.4 is 5.32 Å². The molecule has 0 spiro atoms. The largest absolute Gasteiger partial charge is 0.394 e. The normalized spacial score (nSPS) is 21.1. The summed E-state index contributed by atoms with van der Waals surface area (Å²) >= 11 is 0. The standard InChI is InChI=1S/C52H91NO8/c1-3-5-7-9-11-13-15-17-18-19-20-21-22-23-24-25-26-27-28-30-31-33-35-37-39-41-46(55)45(44-60-52-51(59)50(58)49(57)47(43-54)61-52)53-48(56)42-40-38-36-34-32-29-16-14-12-10-8-6-4-2/h6,8,12,14,26-27,29,31-33,39,41,45-47,49-52,54-55,57-59H,3-5,7,9-11,13,15-25,28,30,34-38,40,42-44H2,1-2H3,(H,53,56)/b8-6-,14-12-,27-26+,32-29-,33-31+,41-39+. The van der Waals surface area contributed by atoms with E-state index in [4.69, 9.17) is 9.47 Å². The molecule has 0 aromatic carbocycles. The van der Waals surface area contributed by atoms with Crippen molar-refractivity contribution < 1.29 is 39.8 Å². The van der Waals surface area contributed by atoms with Gasteiger partial charge in [-0.15, -0.1) is 0 Å². The molecule has 0 saturated carbocycles. The van der Waals surface area contributed by atoms with Crippen LogP contribution in [0.4, 0.5) is 0 Å². The third-order valence-electron chi connectivity index (χ3n) is 11.2. The first-order chi connectivity index (χ1) is 29.8. The van der Waals surface area contributed by atoms with Crippen LogP contribution in [0.15, 0.2) is 72.9 Å². The first-order valence-corrected chi connectivity index (χ1v) is 24.7. The van der Waals surface area contributed by atoms with Crippen molar-refractivity contribution >= 4 is 5.91 Å². The van der Waals surface area contributed by atoms with E-state index in [1.54, 1.807) is 6.08 Å². The van der Waals surface area contributed by atoms with Crippen LogP contribution in [-0.2, 0) is 14.3 Å². The molecule has 0 bridgehead atoms. The Hall–Kier alpha value is -2.37. The Labute approximate surface area is 372 Å². The quantitative estimate of drug-likeness (QED) is 0.0264. The van der Waals surface area contributed by atoms with E-state index in [-0.39, 0.29) is 12.5 Å². The lowest BCUT2D eigenvalue weighted by molar-refractivity contribution is -0.302. The molecule has 7 unspecified atom stereocenters. The van der Waals surface area contributed by atoms with Gasteiger partial charge in [-0.3, -0.25) is 4.79 Å². The molecule has 0 radical (unpaired) electrons. The average Bonchev–Trinajstić information content (AvgIpc) is 3.26. The zero-order chi connectivity index (χ0) is 44.4. The number of nitrogens with one attached hydrogen (secondary N) is 1. The SMILES string of the molecule is CC/C=C\C/C=C\C/C=C\CCCCCC(=O)NC(COC1OC(CO)C(O)C(O)C1O)C(O)/C=C/CC/C=C/CC/C=C/CCCCCCCCCCCCCCCCC. The lowest BCUT2D eigenvalue weighted by atomic mass is 9.99. The molecular formula is C52H91NO8. The summed E-state index contributed by atoms with van der Waals surface area (Å²) in [5, 5.41) is 54.2. The third kappa shape index (κ3) is 32.0. The van der Waals surface area contributed by atoms with E-state index >= 15 is 0 Å². The Bertz CT molecular complexity index is 1180. The lowest BCUT2D eigenvalue weighted by Gasteiger charge is -2.40. The number of carbonyl (C=O) groups is 1. The van der Waals surface area contributed by atoms with Crippen LogP contribution in [0.5, 0.6) is 0 Å². The number of carbonyl (C=O) groups excluding carboxylic acids is 1. The monoisotopic (exact) mass is 858 g/mol. The Morgan fingerprint density at radius 2 is 1.03 bits per heavy atom. The Morgan fingerprint density at radius 3 is 1.57 bits per heavy atom. The van der Waals surface area contributed by atoms with E-state index in [1.807, 2.05) is 6.08 Å². The first kappa shape index (κ1) is 56.6. The highest BCUT2D eigenvalue weighted by Gasteiger charge is 2.44. The molecule has 6 N–H and O–H groups in total. The van der Waals surface area contributed by atoms with Crippen LogP contribution in [-0.4, -0.2) is 87.5 Å². The second-order valence-corrected chi connectivity index (χ2v) is 16.9. The summed E-state index contributed by atoms with van der Waals surface area (Å²) in [5.74, 6) is -0.223. The molecule has 352 valence electrons. The maximum atomic E-state index is 12.9. The molecule has 0 aromatic rings. The van der Waals surface area contributed by atoms with Crippen molar-refractivity contribution in [3.05, 3.63) is 72.9 Å². The predicted octanol–water partition coefficient (Wildman–Crippen LogP) is 10.9. The van der Waals surface area contributed by atoms with Gasteiger partial charge in [-0.1, -0.05) is 183 Å². The molecule has 1 aliphatic rings. The van der Waals surface area contributed by atoms with Gasteiger partial charge in [0.1, 0.15) is 24.4 Å². The van der Waals surface area contributed by atoms with Crippen molar-refractivity contribution in [1.29, 1.82) is 0 Å². The molecular weight excluding hydrogens is 767 g/mol. The van der Waals surface area contributed by atoms with Crippen LogP contribution in [0.2, 0.25) is 0 Å². The summed E-state index contributed by atoms with van der Waals surface area (Å²) in [6.45, 7) is 3.61. The van der Waals surface area contributed by atoms with Gasteiger partial charge in [0.2, 0.25) is 5.91 Å². The van der Waals surface area contributed by atoms with E-state index in [2.05, 4.69) is 79.9 Å². The number of allylic oxidation sites excluding steroid dienone is 11. The molecule has 61 heavy (non-hydrogen) atoms. The topological polar surface area (TPSA) is 149 Å². The fraction of sp³-hybridized carbons (Fsp3) is 0.750. The first-order valence-electron chi connectivity index (χ1n) is 24.7. The van der Waals surface area contributed by atoms with Gasteiger partial charge in [0.25, 0.3) is 0 Å². The Kier molecular flexibility index (Phi) is 38.7. The lowest BCUT2D eigenvalue weighted by Crippen LogP contribution is -2.60. The number of hydrogen-bond donors (Lipinski definition) is 6. The molecule has 7 atom stereocenters. The number of aliphatic hydroxyl groups is 5. The van der Waals surface area contributed by atoms with Crippen LogP contribution in [0.1, 0.15) is 194 Å². The van der Waals surface area contributed by atoms with Crippen LogP contribution >= 0.6 is 0 Å². The summed E-state index contributed by atoms with van der Waals surface area (Å²) in [5.41, 5.74) is 0. The number of unbranched alkanes of at least 4 members (excludes halogenated alkanes) is 20. The van der Waals surface area contributed by atoms with Crippen molar-refractivity contribution in [3.63, 3.8) is 0 Å². The summed E-state index contributed by atoms with van der Waals surface area (Å²) in [6.07, 6.45) is 49.7. The van der Waals surface area contributed by atoms with Crippen molar-refractivity contribution in [3.8, 4) is 0 Å². The molecule has 9 heteroatoms. The molecule has 9 nitrogen and oxygen atoms in total. The van der Waals surface area contributed by atoms with Crippen molar-refractivity contribution in [1.82, 2.24) is 5.32 Å². The van der Waals surface area contributed by atoms with E-state index in [0.29, 0.717) is 12.8 Å². The van der Waals surface area contributed by atoms with Crippen LogP contribution in [0.3, 0.4) is 0 Å². The molecule has 1 saturated heterocycles. The minimum atomic E-state index is -1.58. The molecule has 0 aliphatic carbocycles. The van der Waals surface area contributed by atoms with Gasteiger partial charge in [-0.05, 0) is 77.0 Å². The Balaban J connectivity index is 2.34. The molecule has 1 amide bonds. The zero-order valence-electron chi connectivity index (χ0n) is 38.6. The molecule has 1 heterocycles. The highest BCUT2D eigenvalue weighted by atomic mass is 16.7. The third-order valence-corrected chi connectivity index (χ3v) is 11.2. The van der Waals surface area contributed by atoms with Crippen LogP contribution in [0, 0.1) is 0 Å². The Morgan fingerprint density at radius 1 is 0.574 bits per heavy atom. The number of ether oxygens (including phenoxy) is 2. The molecule has 0 aromatic heterocycles. The van der Waals surface area contributed by atoms with Crippen LogP contribution in [0.25, 0.3) is 0 Å². The van der Waals surface area contributed by atoms with Gasteiger partial charge in [0, 0.05) is 6.42 Å². The minimum Gasteiger partial charge on any atom is -0.394 e. The van der Waals surface area contributed by atoms with Gasteiger partial charge in [-0.2, -0.15) is 0 Å². The highest BCUT2D eigenvalue weighted by Crippen LogP contribution is 2.22. The maximum Gasteiger partial charge on any atom is 0.220 e. The second-order valence-electron chi connectivity index (χ2n) is 16.9. The number of hydrogen-bond acceptors (Lipinski definition) is 8. The van der Waals surface area contributed by atoms with Gasteiger partial charge >= 0.3 is 0 Å². The van der Waals surface area contributed by atoms with Gasteiger partial charge in [0.15, 0.2) is 6.29 Å².